The van der Waals surface area contributed by atoms with Crippen molar-refractivity contribution in [2.45, 2.75) is 26.6 Å². The second-order valence-electron chi connectivity index (χ2n) is 4.61. The van der Waals surface area contributed by atoms with Crippen LogP contribution in [0.4, 0.5) is 29.5 Å². The number of amides is 2. The van der Waals surface area contributed by atoms with Crippen LogP contribution in [0.1, 0.15) is 18.2 Å². The number of carbonyl (C=O) groups excluding carboxylic acids is 1. The van der Waals surface area contributed by atoms with Crippen molar-refractivity contribution in [1.82, 2.24) is 9.78 Å². The van der Waals surface area contributed by atoms with E-state index >= 15 is 0 Å². The number of alkyl halides is 3. The Kier molecular flexibility index (Phi) is 4.39. The van der Waals surface area contributed by atoms with Crippen LogP contribution in [0, 0.1) is 6.92 Å². The van der Waals surface area contributed by atoms with Gasteiger partial charge in [-0.25, -0.2) is 9.48 Å². The first-order chi connectivity index (χ1) is 10.3. The molecule has 22 heavy (non-hydrogen) atoms. The zero-order chi connectivity index (χ0) is 16.3. The van der Waals surface area contributed by atoms with Crippen LogP contribution in [0.2, 0.25) is 0 Å². The molecule has 0 radical (unpaired) electrons. The number of nitrogens with one attached hydrogen (secondary N) is 2. The van der Waals surface area contributed by atoms with Crippen LogP contribution < -0.4 is 10.6 Å². The van der Waals surface area contributed by atoms with Crippen LogP contribution in [-0.2, 0) is 12.7 Å². The number of para-hydroxylation sites is 1. The molecule has 2 aromatic rings. The summed E-state index contributed by atoms with van der Waals surface area (Å²) in [6.07, 6.45) is -4.54. The van der Waals surface area contributed by atoms with Gasteiger partial charge in [-0.3, -0.25) is 5.32 Å². The molecule has 0 aliphatic rings. The molecule has 118 valence electrons. The number of halogens is 3. The number of aryl methyl sites for hydroxylation is 2. The fourth-order valence-corrected chi connectivity index (χ4v) is 2.00. The maximum Gasteiger partial charge on any atom is 0.418 e. The third kappa shape index (κ3) is 3.57. The predicted molar refractivity (Wildman–Crippen MR) is 76.7 cm³/mol. The maximum atomic E-state index is 12.9. The van der Waals surface area contributed by atoms with E-state index in [1.54, 1.807) is 17.7 Å². The molecule has 5 nitrogen and oxygen atoms in total. The molecule has 0 bridgehead atoms. The van der Waals surface area contributed by atoms with Gasteiger partial charge in [0.25, 0.3) is 0 Å². The molecule has 8 heteroatoms. The number of benzene rings is 1. The Bertz CT molecular complexity index is 679. The summed E-state index contributed by atoms with van der Waals surface area (Å²) in [7, 11) is 0. The van der Waals surface area contributed by atoms with Gasteiger partial charge in [-0.1, -0.05) is 12.1 Å². The van der Waals surface area contributed by atoms with E-state index in [4.69, 9.17) is 0 Å². The van der Waals surface area contributed by atoms with E-state index in [2.05, 4.69) is 15.7 Å². The number of rotatable bonds is 3. The van der Waals surface area contributed by atoms with E-state index in [-0.39, 0.29) is 5.69 Å². The van der Waals surface area contributed by atoms with Gasteiger partial charge in [0.05, 0.1) is 16.9 Å². The number of hydrogen-bond acceptors (Lipinski definition) is 2. The molecule has 2 amide bonds. The van der Waals surface area contributed by atoms with E-state index < -0.39 is 17.8 Å². The Morgan fingerprint density at radius 3 is 2.59 bits per heavy atom. The lowest BCUT2D eigenvalue weighted by Gasteiger charge is -2.14. The average molecular weight is 312 g/mol. The molecule has 0 unspecified atom stereocenters. The highest BCUT2D eigenvalue weighted by Gasteiger charge is 2.33. The molecule has 0 spiro atoms. The van der Waals surface area contributed by atoms with Crippen molar-refractivity contribution in [3.63, 3.8) is 0 Å². The average Bonchev–Trinajstić information content (AvgIpc) is 2.78. The quantitative estimate of drug-likeness (QED) is 0.903. The maximum absolute atomic E-state index is 12.9. The van der Waals surface area contributed by atoms with Crippen LogP contribution in [0.5, 0.6) is 0 Å². The molecule has 0 saturated carbocycles. The Labute approximate surface area is 125 Å². The Morgan fingerprint density at radius 1 is 1.27 bits per heavy atom. The van der Waals surface area contributed by atoms with Crippen molar-refractivity contribution < 1.29 is 18.0 Å². The summed E-state index contributed by atoms with van der Waals surface area (Å²) in [6.45, 7) is 4.13. The van der Waals surface area contributed by atoms with E-state index in [9.17, 15) is 18.0 Å². The molecule has 2 N–H and O–H groups in total. The van der Waals surface area contributed by atoms with Crippen molar-refractivity contribution in [1.29, 1.82) is 0 Å². The molecule has 0 fully saturated rings. The van der Waals surface area contributed by atoms with Crippen molar-refractivity contribution in [3.8, 4) is 0 Å². The van der Waals surface area contributed by atoms with Gasteiger partial charge in [0.1, 0.15) is 5.82 Å². The van der Waals surface area contributed by atoms with Crippen molar-refractivity contribution >= 4 is 17.5 Å². The van der Waals surface area contributed by atoms with E-state index in [0.717, 1.165) is 6.07 Å². The number of hydrogen-bond donors (Lipinski definition) is 2. The van der Waals surface area contributed by atoms with Crippen LogP contribution in [-0.4, -0.2) is 15.8 Å². The van der Waals surface area contributed by atoms with Gasteiger partial charge in [0, 0.05) is 12.6 Å². The summed E-state index contributed by atoms with van der Waals surface area (Å²) in [4.78, 5) is 11.9. The summed E-state index contributed by atoms with van der Waals surface area (Å²) in [5, 5.41) is 8.85. The summed E-state index contributed by atoms with van der Waals surface area (Å²) in [5.74, 6) is 0.419. The van der Waals surface area contributed by atoms with E-state index in [1.807, 2.05) is 6.92 Å². The molecular formula is C14H15F3N4O. The molecule has 0 saturated heterocycles. The van der Waals surface area contributed by atoms with Gasteiger partial charge in [0.15, 0.2) is 0 Å². The zero-order valence-corrected chi connectivity index (χ0v) is 12.0. The molecule has 1 heterocycles. The van der Waals surface area contributed by atoms with Gasteiger partial charge in [0.2, 0.25) is 0 Å². The molecule has 1 aromatic heterocycles. The first-order valence-electron chi connectivity index (χ1n) is 6.60. The van der Waals surface area contributed by atoms with Gasteiger partial charge in [-0.05, 0) is 26.0 Å². The highest BCUT2D eigenvalue weighted by atomic mass is 19.4. The molecule has 1 aromatic carbocycles. The molecule has 0 aliphatic carbocycles. The summed E-state index contributed by atoms with van der Waals surface area (Å²) >= 11 is 0. The topological polar surface area (TPSA) is 59.0 Å². The third-order valence-electron chi connectivity index (χ3n) is 2.92. The van der Waals surface area contributed by atoms with Crippen LogP contribution in [0.25, 0.3) is 0 Å². The first kappa shape index (κ1) is 15.9. The van der Waals surface area contributed by atoms with Crippen molar-refractivity contribution in [2.24, 2.45) is 0 Å². The Hall–Kier alpha value is -2.51. The SMILES string of the molecule is CCn1nc(C)cc1NC(=O)Nc1ccccc1C(F)(F)F. The Morgan fingerprint density at radius 2 is 1.95 bits per heavy atom. The predicted octanol–water partition coefficient (Wildman–Crippen LogP) is 3.87. The lowest BCUT2D eigenvalue weighted by atomic mass is 10.1. The zero-order valence-electron chi connectivity index (χ0n) is 12.0. The summed E-state index contributed by atoms with van der Waals surface area (Å²) in [5.41, 5.74) is -0.495. The molecular weight excluding hydrogens is 297 g/mol. The van der Waals surface area contributed by atoms with Gasteiger partial charge < -0.3 is 5.32 Å². The Balaban J connectivity index is 2.16. The lowest BCUT2D eigenvalue weighted by Crippen LogP contribution is -2.23. The van der Waals surface area contributed by atoms with Crippen LogP contribution in [0.3, 0.4) is 0 Å². The van der Waals surface area contributed by atoms with E-state index in [0.29, 0.717) is 18.1 Å². The smallest absolute Gasteiger partial charge is 0.307 e. The van der Waals surface area contributed by atoms with Crippen molar-refractivity contribution in [2.75, 3.05) is 10.6 Å². The second kappa shape index (κ2) is 6.08. The number of aromatic nitrogens is 2. The number of carbonyl (C=O) groups is 1. The second-order valence-corrected chi connectivity index (χ2v) is 4.61. The lowest BCUT2D eigenvalue weighted by molar-refractivity contribution is -0.136. The van der Waals surface area contributed by atoms with Gasteiger partial charge in [-0.2, -0.15) is 18.3 Å². The number of nitrogens with zero attached hydrogens (tertiary/aromatic N) is 2. The highest BCUT2D eigenvalue weighted by molar-refractivity contribution is 5.99. The molecule has 2 rings (SSSR count). The third-order valence-corrected chi connectivity index (χ3v) is 2.92. The first-order valence-corrected chi connectivity index (χ1v) is 6.60. The van der Waals surface area contributed by atoms with Crippen LogP contribution in [0.15, 0.2) is 30.3 Å². The minimum atomic E-state index is -4.54. The fraction of sp³-hybridized carbons (Fsp3) is 0.286. The normalized spacial score (nSPS) is 11.3. The van der Waals surface area contributed by atoms with Crippen molar-refractivity contribution in [3.05, 3.63) is 41.6 Å². The molecule has 0 atom stereocenters. The van der Waals surface area contributed by atoms with E-state index in [1.165, 1.54) is 18.2 Å². The minimum absolute atomic E-state index is 0.299. The number of anilines is 2. The summed E-state index contributed by atoms with van der Waals surface area (Å²) in [6, 6.07) is 5.68. The fourth-order valence-electron chi connectivity index (χ4n) is 2.00. The summed E-state index contributed by atoms with van der Waals surface area (Å²) < 4.78 is 40.1. The van der Waals surface area contributed by atoms with Crippen LogP contribution >= 0.6 is 0 Å². The largest absolute Gasteiger partial charge is 0.418 e. The molecule has 0 aliphatic heterocycles. The number of urea groups is 1. The highest BCUT2D eigenvalue weighted by Crippen LogP contribution is 2.34. The van der Waals surface area contributed by atoms with Gasteiger partial charge in [-0.15, -0.1) is 0 Å². The van der Waals surface area contributed by atoms with Gasteiger partial charge >= 0.3 is 12.2 Å². The standard InChI is InChI=1S/C14H15F3N4O/c1-3-21-12(8-9(2)20-21)19-13(22)18-11-7-5-4-6-10(11)14(15,16)17/h4-8H,3H2,1-2H3,(H2,18,19,22). The monoisotopic (exact) mass is 312 g/mol. The minimum Gasteiger partial charge on any atom is -0.307 e.